The number of nitrogens with zero attached hydrogens (tertiary/aromatic N) is 1. The summed E-state index contributed by atoms with van der Waals surface area (Å²) in [5.74, 6) is 0. The maximum absolute atomic E-state index is 5.80. The monoisotopic (exact) mass is 231 g/mol. The van der Waals surface area contributed by atoms with Crippen LogP contribution in [-0.2, 0) is 14.3 Å². The molecule has 96 valence electrons. The van der Waals surface area contributed by atoms with E-state index in [1.54, 1.807) is 0 Å². The van der Waals surface area contributed by atoms with Crippen molar-refractivity contribution in [3.63, 3.8) is 0 Å². The van der Waals surface area contributed by atoms with Gasteiger partial charge in [-0.25, -0.2) is 0 Å². The zero-order chi connectivity index (χ0) is 12.1. The fourth-order valence-electron chi connectivity index (χ4n) is 1.78. The zero-order valence-electron chi connectivity index (χ0n) is 11.1. The summed E-state index contributed by atoms with van der Waals surface area (Å²) in [7, 11) is 0. The Balaban J connectivity index is 2.35. The molecule has 1 aliphatic rings. The summed E-state index contributed by atoms with van der Waals surface area (Å²) in [6.07, 6.45) is 0.787. The second-order valence-corrected chi connectivity index (χ2v) is 4.95. The van der Waals surface area contributed by atoms with Gasteiger partial charge in [0.05, 0.1) is 44.1 Å². The maximum Gasteiger partial charge on any atom is 0.0962 e. The second-order valence-electron chi connectivity index (χ2n) is 4.95. The Hall–Kier alpha value is -0.160. The lowest BCUT2D eigenvalue weighted by atomic mass is 10.2. The first-order valence-corrected chi connectivity index (χ1v) is 6.16. The Morgan fingerprint density at radius 3 is 2.44 bits per heavy atom. The van der Waals surface area contributed by atoms with E-state index in [9.17, 15) is 0 Å². The highest BCUT2D eigenvalue weighted by atomic mass is 16.7. The topological polar surface area (TPSA) is 30.9 Å². The number of hydrogen-bond donors (Lipinski definition) is 0. The van der Waals surface area contributed by atoms with Gasteiger partial charge in [-0.15, -0.1) is 0 Å². The van der Waals surface area contributed by atoms with Crippen LogP contribution in [0.3, 0.4) is 0 Å². The first-order valence-electron chi connectivity index (χ1n) is 6.16. The smallest absolute Gasteiger partial charge is 0.0962 e. The molecule has 0 radical (unpaired) electrons. The van der Waals surface area contributed by atoms with Gasteiger partial charge in [-0.1, -0.05) is 0 Å². The lowest BCUT2D eigenvalue weighted by Crippen LogP contribution is -2.49. The van der Waals surface area contributed by atoms with Gasteiger partial charge in [0.15, 0.2) is 0 Å². The number of hydroxylamine groups is 2. The Morgan fingerprint density at radius 2 is 1.88 bits per heavy atom. The van der Waals surface area contributed by atoms with Crippen LogP contribution in [0.5, 0.6) is 0 Å². The molecule has 1 fully saturated rings. The maximum atomic E-state index is 5.80. The minimum Gasteiger partial charge on any atom is -0.376 e. The summed E-state index contributed by atoms with van der Waals surface area (Å²) in [6.45, 7) is 12.5. The number of ether oxygens (including phenoxy) is 2. The third-order valence-corrected chi connectivity index (χ3v) is 2.27. The standard InChI is InChI=1S/C12H25NO3/c1-9(2)14-8-12-7-13(16-10(3)4)6-11(5)15-12/h9-12H,6-8H2,1-5H3. The van der Waals surface area contributed by atoms with Crippen molar-refractivity contribution in [1.82, 2.24) is 5.06 Å². The van der Waals surface area contributed by atoms with Crippen LogP contribution in [0.15, 0.2) is 0 Å². The molecular formula is C12H25NO3. The molecule has 4 heteroatoms. The SMILES string of the molecule is CC(C)OCC1CN(OC(C)C)CC(C)O1. The minimum atomic E-state index is 0.116. The molecule has 1 rings (SSSR count). The lowest BCUT2D eigenvalue weighted by molar-refractivity contribution is -0.253. The van der Waals surface area contributed by atoms with Gasteiger partial charge in [0, 0.05) is 0 Å². The second kappa shape index (κ2) is 6.55. The third-order valence-electron chi connectivity index (χ3n) is 2.27. The molecule has 4 nitrogen and oxygen atoms in total. The van der Waals surface area contributed by atoms with E-state index < -0.39 is 0 Å². The van der Waals surface area contributed by atoms with E-state index in [4.69, 9.17) is 14.3 Å². The molecule has 0 aromatic carbocycles. The van der Waals surface area contributed by atoms with E-state index in [2.05, 4.69) is 6.92 Å². The molecule has 0 saturated carbocycles. The summed E-state index contributed by atoms with van der Waals surface area (Å²) in [6, 6.07) is 0. The van der Waals surface area contributed by atoms with Gasteiger partial charge in [-0.2, -0.15) is 5.06 Å². The van der Waals surface area contributed by atoms with Crippen molar-refractivity contribution in [3.8, 4) is 0 Å². The van der Waals surface area contributed by atoms with Crippen LogP contribution in [-0.4, -0.2) is 49.2 Å². The molecule has 0 aromatic rings. The molecule has 0 N–H and O–H groups in total. The lowest BCUT2D eigenvalue weighted by Gasteiger charge is -2.36. The van der Waals surface area contributed by atoms with Gasteiger partial charge >= 0.3 is 0 Å². The van der Waals surface area contributed by atoms with Crippen LogP contribution in [0, 0.1) is 0 Å². The molecule has 1 saturated heterocycles. The molecular weight excluding hydrogens is 206 g/mol. The van der Waals surface area contributed by atoms with Crippen LogP contribution in [0.4, 0.5) is 0 Å². The predicted molar refractivity (Wildman–Crippen MR) is 63.2 cm³/mol. The van der Waals surface area contributed by atoms with E-state index in [0.29, 0.717) is 6.61 Å². The number of morpholine rings is 1. The molecule has 0 aromatic heterocycles. The predicted octanol–water partition coefficient (Wildman–Crippen LogP) is 1.84. The van der Waals surface area contributed by atoms with Crippen LogP contribution < -0.4 is 0 Å². The summed E-state index contributed by atoms with van der Waals surface area (Å²) >= 11 is 0. The molecule has 16 heavy (non-hydrogen) atoms. The van der Waals surface area contributed by atoms with E-state index in [1.165, 1.54) is 0 Å². The zero-order valence-corrected chi connectivity index (χ0v) is 11.1. The molecule has 2 atom stereocenters. The van der Waals surface area contributed by atoms with Crippen molar-refractivity contribution >= 4 is 0 Å². The van der Waals surface area contributed by atoms with Gasteiger partial charge in [0.2, 0.25) is 0 Å². The van der Waals surface area contributed by atoms with Gasteiger partial charge in [-0.05, 0) is 34.6 Å². The highest BCUT2D eigenvalue weighted by molar-refractivity contribution is 4.71. The van der Waals surface area contributed by atoms with Crippen molar-refractivity contribution < 1.29 is 14.3 Å². The fourth-order valence-corrected chi connectivity index (χ4v) is 1.78. The Kier molecular flexibility index (Phi) is 5.69. The molecule has 0 aliphatic carbocycles. The van der Waals surface area contributed by atoms with Crippen LogP contribution in [0.25, 0.3) is 0 Å². The largest absolute Gasteiger partial charge is 0.376 e. The molecule has 2 unspecified atom stereocenters. The third kappa shape index (κ3) is 5.25. The summed E-state index contributed by atoms with van der Waals surface area (Å²) in [4.78, 5) is 5.70. The molecule has 1 heterocycles. The summed E-state index contributed by atoms with van der Waals surface area (Å²) in [5.41, 5.74) is 0. The molecule has 0 amide bonds. The van der Waals surface area contributed by atoms with Crippen LogP contribution >= 0.6 is 0 Å². The van der Waals surface area contributed by atoms with Gasteiger partial charge in [0.1, 0.15) is 0 Å². The van der Waals surface area contributed by atoms with Gasteiger partial charge in [-0.3, -0.25) is 4.84 Å². The van der Waals surface area contributed by atoms with Crippen molar-refractivity contribution in [3.05, 3.63) is 0 Å². The molecule has 0 spiro atoms. The quantitative estimate of drug-likeness (QED) is 0.722. The van der Waals surface area contributed by atoms with Gasteiger partial charge < -0.3 is 9.47 Å². The number of hydrogen-bond acceptors (Lipinski definition) is 4. The minimum absolute atomic E-state index is 0.116. The first kappa shape index (κ1) is 13.9. The Labute approximate surface area is 98.8 Å². The average Bonchev–Trinajstić information content (AvgIpc) is 2.12. The van der Waals surface area contributed by atoms with E-state index in [-0.39, 0.29) is 24.4 Å². The van der Waals surface area contributed by atoms with Gasteiger partial charge in [0.25, 0.3) is 0 Å². The van der Waals surface area contributed by atoms with Crippen molar-refractivity contribution in [2.45, 2.75) is 59.0 Å². The summed E-state index contributed by atoms with van der Waals surface area (Å²) in [5, 5.41) is 1.99. The fraction of sp³-hybridized carbons (Fsp3) is 1.00. The van der Waals surface area contributed by atoms with E-state index in [1.807, 2.05) is 32.8 Å². The normalized spacial score (nSPS) is 27.9. The van der Waals surface area contributed by atoms with E-state index >= 15 is 0 Å². The van der Waals surface area contributed by atoms with E-state index in [0.717, 1.165) is 13.1 Å². The molecule has 1 aliphatic heterocycles. The highest BCUT2D eigenvalue weighted by Gasteiger charge is 2.26. The Morgan fingerprint density at radius 1 is 1.19 bits per heavy atom. The average molecular weight is 231 g/mol. The van der Waals surface area contributed by atoms with Crippen molar-refractivity contribution in [1.29, 1.82) is 0 Å². The van der Waals surface area contributed by atoms with Crippen LogP contribution in [0.2, 0.25) is 0 Å². The Bertz CT molecular complexity index is 195. The summed E-state index contributed by atoms with van der Waals surface area (Å²) < 4.78 is 11.4. The van der Waals surface area contributed by atoms with Crippen LogP contribution in [0.1, 0.15) is 34.6 Å². The first-order chi connectivity index (χ1) is 7.47. The van der Waals surface area contributed by atoms with Crippen molar-refractivity contribution in [2.24, 2.45) is 0 Å². The highest BCUT2D eigenvalue weighted by Crippen LogP contribution is 2.13. The number of rotatable bonds is 5. The van der Waals surface area contributed by atoms with Crippen molar-refractivity contribution in [2.75, 3.05) is 19.7 Å². The molecule has 0 bridgehead atoms.